The zero-order valence-corrected chi connectivity index (χ0v) is 14.1. The number of hydrogen-bond donors (Lipinski definition) is 3. The third kappa shape index (κ3) is 5.22. The van der Waals surface area contributed by atoms with E-state index in [1.807, 2.05) is 0 Å². The molecule has 1 rings (SSSR count). The van der Waals surface area contributed by atoms with Crippen molar-refractivity contribution in [2.24, 2.45) is 5.10 Å². The Labute approximate surface area is 139 Å². The summed E-state index contributed by atoms with van der Waals surface area (Å²) in [7, 11) is 0. The second-order valence-electron chi connectivity index (χ2n) is 5.40. The van der Waals surface area contributed by atoms with E-state index in [4.69, 9.17) is 0 Å². The highest BCUT2D eigenvalue weighted by Crippen LogP contribution is 2.11. The van der Waals surface area contributed by atoms with Crippen LogP contribution in [0.5, 0.6) is 5.88 Å². The number of hydrogen-bond acceptors (Lipinski definition) is 5. The zero-order valence-electron chi connectivity index (χ0n) is 14.1. The molecule has 0 saturated carbocycles. The molecule has 0 aliphatic heterocycles. The molecular weight excluding hydrogens is 312 g/mol. The van der Waals surface area contributed by atoms with Crippen LogP contribution in [0.25, 0.3) is 0 Å². The Balaban J connectivity index is 2.90. The fourth-order valence-corrected chi connectivity index (χ4v) is 2.15. The van der Waals surface area contributed by atoms with Crippen LogP contribution >= 0.6 is 0 Å². The van der Waals surface area contributed by atoms with E-state index < -0.39 is 17.1 Å². The lowest BCUT2D eigenvalue weighted by Gasteiger charge is -2.09. The minimum absolute atomic E-state index is 0.0332. The number of carbonyl (C=O) groups is 1. The van der Waals surface area contributed by atoms with Crippen LogP contribution in [0, 0.1) is 0 Å². The van der Waals surface area contributed by atoms with Crippen LogP contribution in [0.4, 0.5) is 0 Å². The van der Waals surface area contributed by atoms with Gasteiger partial charge in [-0.15, -0.1) is 6.58 Å². The summed E-state index contributed by atoms with van der Waals surface area (Å²) in [5, 5.41) is 14.0. The number of rotatable bonds is 9. The quantitative estimate of drug-likeness (QED) is 0.272. The highest BCUT2D eigenvalue weighted by Gasteiger charge is 2.16. The number of unbranched alkanes of at least 4 members (excludes halogenated alkanes) is 3. The standard InChI is InChI=1S/C16H24N4O4/c1-4-6-7-8-9-12(21)19-18-11(3)13-14(22)17-16(24)20(10-5-2)15(13)23/h5,23H,2,4,6-10H2,1,3H3,(H,19,21)(H,17,22,24). The molecule has 24 heavy (non-hydrogen) atoms. The number of carbonyl (C=O) groups excluding carboxylic acids is 1. The van der Waals surface area contributed by atoms with E-state index in [9.17, 15) is 19.5 Å². The molecule has 0 saturated heterocycles. The summed E-state index contributed by atoms with van der Waals surface area (Å²) in [5.74, 6) is -0.775. The first-order valence-corrected chi connectivity index (χ1v) is 7.92. The van der Waals surface area contributed by atoms with Crippen LogP contribution in [0.1, 0.15) is 51.5 Å². The summed E-state index contributed by atoms with van der Waals surface area (Å²) in [6, 6.07) is 0. The van der Waals surface area contributed by atoms with Crippen LogP contribution in [-0.4, -0.2) is 26.3 Å². The van der Waals surface area contributed by atoms with Gasteiger partial charge in [-0.1, -0.05) is 32.3 Å². The summed E-state index contributed by atoms with van der Waals surface area (Å²) in [5.41, 5.74) is 0.788. The molecule has 132 valence electrons. The van der Waals surface area contributed by atoms with Crippen molar-refractivity contribution in [3.05, 3.63) is 39.1 Å². The lowest BCUT2D eigenvalue weighted by Crippen LogP contribution is -2.34. The molecular formula is C16H24N4O4. The first-order chi connectivity index (χ1) is 11.4. The van der Waals surface area contributed by atoms with E-state index in [1.165, 1.54) is 13.0 Å². The molecule has 8 nitrogen and oxygen atoms in total. The van der Waals surface area contributed by atoms with Gasteiger partial charge in [-0.3, -0.25) is 19.1 Å². The lowest BCUT2D eigenvalue weighted by atomic mass is 10.1. The summed E-state index contributed by atoms with van der Waals surface area (Å²) in [6.45, 7) is 7.07. The monoisotopic (exact) mass is 336 g/mol. The minimum Gasteiger partial charge on any atom is -0.494 e. The molecule has 1 amide bonds. The maximum absolute atomic E-state index is 11.9. The average Bonchev–Trinajstić information content (AvgIpc) is 2.53. The Kier molecular flexibility index (Phi) is 7.67. The number of nitrogens with zero attached hydrogens (tertiary/aromatic N) is 2. The third-order valence-electron chi connectivity index (χ3n) is 3.45. The van der Waals surface area contributed by atoms with Gasteiger partial charge in [-0.25, -0.2) is 10.2 Å². The Bertz CT molecular complexity index is 731. The number of aromatic amines is 1. The van der Waals surface area contributed by atoms with Crippen LogP contribution in [-0.2, 0) is 11.3 Å². The molecule has 0 aromatic carbocycles. The fraction of sp³-hybridized carbons (Fsp3) is 0.500. The smallest absolute Gasteiger partial charge is 0.331 e. The maximum atomic E-state index is 11.9. The maximum Gasteiger partial charge on any atom is 0.331 e. The van der Waals surface area contributed by atoms with E-state index in [0.29, 0.717) is 6.42 Å². The van der Waals surface area contributed by atoms with E-state index >= 15 is 0 Å². The number of H-pyrrole nitrogens is 1. The summed E-state index contributed by atoms with van der Waals surface area (Å²) in [6.07, 6.45) is 5.65. The molecule has 0 spiro atoms. The topological polar surface area (TPSA) is 117 Å². The SMILES string of the molecule is C=CCn1c(O)c(C(C)=NNC(=O)CCCCCC)c(=O)[nH]c1=O. The number of hydrazone groups is 1. The second-order valence-corrected chi connectivity index (χ2v) is 5.40. The Morgan fingerprint density at radius 3 is 2.71 bits per heavy atom. The third-order valence-corrected chi connectivity index (χ3v) is 3.45. The second kappa shape index (κ2) is 9.49. The molecule has 8 heteroatoms. The molecule has 0 fully saturated rings. The van der Waals surface area contributed by atoms with Crippen molar-refractivity contribution < 1.29 is 9.90 Å². The van der Waals surface area contributed by atoms with Gasteiger partial charge < -0.3 is 5.11 Å². The van der Waals surface area contributed by atoms with E-state index in [-0.39, 0.29) is 23.7 Å². The van der Waals surface area contributed by atoms with Gasteiger partial charge in [0.1, 0.15) is 5.56 Å². The molecule has 0 bridgehead atoms. The average molecular weight is 336 g/mol. The number of amides is 1. The summed E-state index contributed by atoms with van der Waals surface area (Å²) >= 11 is 0. The van der Waals surface area contributed by atoms with E-state index in [0.717, 1.165) is 30.3 Å². The summed E-state index contributed by atoms with van der Waals surface area (Å²) < 4.78 is 0.954. The van der Waals surface area contributed by atoms with Crippen LogP contribution in [0.3, 0.4) is 0 Å². The van der Waals surface area contributed by atoms with Gasteiger partial charge in [0.15, 0.2) is 0 Å². The van der Waals surface area contributed by atoms with Gasteiger partial charge in [0.05, 0.1) is 5.71 Å². The normalized spacial score (nSPS) is 11.3. The Hall–Kier alpha value is -2.64. The van der Waals surface area contributed by atoms with Crippen molar-refractivity contribution in [3.63, 3.8) is 0 Å². The molecule has 1 aromatic heterocycles. The number of aromatic nitrogens is 2. The Morgan fingerprint density at radius 2 is 2.08 bits per heavy atom. The molecule has 0 radical (unpaired) electrons. The number of aromatic hydroxyl groups is 1. The minimum atomic E-state index is -0.767. The largest absolute Gasteiger partial charge is 0.494 e. The zero-order chi connectivity index (χ0) is 18.1. The van der Waals surface area contributed by atoms with Gasteiger partial charge in [-0.2, -0.15) is 5.10 Å². The van der Waals surface area contributed by atoms with Crippen LogP contribution < -0.4 is 16.7 Å². The highest BCUT2D eigenvalue weighted by molar-refractivity contribution is 6.00. The van der Waals surface area contributed by atoms with Gasteiger partial charge in [0.25, 0.3) is 5.56 Å². The number of nitrogens with one attached hydrogen (secondary N) is 2. The van der Waals surface area contributed by atoms with Crippen LogP contribution in [0.2, 0.25) is 0 Å². The van der Waals surface area contributed by atoms with Crippen molar-refractivity contribution in [1.29, 1.82) is 0 Å². The highest BCUT2D eigenvalue weighted by atomic mass is 16.3. The van der Waals surface area contributed by atoms with Crippen molar-refractivity contribution in [2.45, 2.75) is 52.5 Å². The van der Waals surface area contributed by atoms with Gasteiger partial charge >= 0.3 is 5.69 Å². The predicted octanol–water partition coefficient (Wildman–Crippen LogP) is 1.24. The Morgan fingerprint density at radius 1 is 1.38 bits per heavy atom. The van der Waals surface area contributed by atoms with Crippen molar-refractivity contribution in [2.75, 3.05) is 0 Å². The van der Waals surface area contributed by atoms with E-state index in [1.54, 1.807) is 0 Å². The fourth-order valence-electron chi connectivity index (χ4n) is 2.15. The predicted molar refractivity (Wildman–Crippen MR) is 92.3 cm³/mol. The van der Waals surface area contributed by atoms with Crippen molar-refractivity contribution in [3.8, 4) is 5.88 Å². The first-order valence-electron chi connectivity index (χ1n) is 7.92. The van der Waals surface area contributed by atoms with Gasteiger partial charge in [0, 0.05) is 13.0 Å². The number of allylic oxidation sites excluding steroid dienone is 1. The molecule has 1 aromatic rings. The summed E-state index contributed by atoms with van der Waals surface area (Å²) in [4.78, 5) is 37.4. The first kappa shape index (κ1) is 19.4. The van der Waals surface area contributed by atoms with Crippen LogP contribution in [0.15, 0.2) is 27.3 Å². The van der Waals surface area contributed by atoms with Crippen molar-refractivity contribution >= 4 is 11.6 Å². The van der Waals surface area contributed by atoms with E-state index in [2.05, 4.69) is 29.0 Å². The molecule has 0 unspecified atom stereocenters. The molecule has 0 atom stereocenters. The lowest BCUT2D eigenvalue weighted by molar-refractivity contribution is -0.121. The van der Waals surface area contributed by atoms with Gasteiger partial charge in [0.2, 0.25) is 11.8 Å². The molecule has 0 aliphatic carbocycles. The molecule has 0 aliphatic rings. The van der Waals surface area contributed by atoms with Gasteiger partial charge in [-0.05, 0) is 13.3 Å². The van der Waals surface area contributed by atoms with Crippen molar-refractivity contribution in [1.82, 2.24) is 15.0 Å². The molecule has 3 N–H and O–H groups in total. The molecule has 1 heterocycles.